The number of aromatic nitrogens is 1. The van der Waals surface area contributed by atoms with Gasteiger partial charge in [-0.25, -0.2) is 4.98 Å². The van der Waals surface area contributed by atoms with Gasteiger partial charge >= 0.3 is 0 Å². The van der Waals surface area contributed by atoms with Crippen LogP contribution in [0.25, 0.3) is 0 Å². The summed E-state index contributed by atoms with van der Waals surface area (Å²) in [6, 6.07) is 3.51. The summed E-state index contributed by atoms with van der Waals surface area (Å²) in [6.07, 6.45) is 2.55. The molecule has 0 bridgehead atoms. The fourth-order valence-corrected chi connectivity index (χ4v) is 2.77. The molecule has 0 saturated carbocycles. The minimum atomic E-state index is 0.0143. The molecule has 0 unspecified atom stereocenters. The summed E-state index contributed by atoms with van der Waals surface area (Å²) < 4.78 is 0. The Kier molecular flexibility index (Phi) is 5.59. The highest BCUT2D eigenvalue weighted by atomic mass is 35.5. The van der Waals surface area contributed by atoms with E-state index in [1.54, 1.807) is 11.0 Å². The lowest BCUT2D eigenvalue weighted by molar-refractivity contribution is 0.0782. The number of pyridine rings is 1. The zero-order valence-electron chi connectivity index (χ0n) is 13.1. The zero-order valence-corrected chi connectivity index (χ0v) is 13.9. The summed E-state index contributed by atoms with van der Waals surface area (Å²) in [5, 5.41) is 0.387. The average Bonchev–Trinajstić information content (AvgIpc) is 2.96. The predicted octanol–water partition coefficient (Wildman–Crippen LogP) is 3.03. The van der Waals surface area contributed by atoms with Crippen molar-refractivity contribution in [1.82, 2.24) is 14.8 Å². The molecule has 0 N–H and O–H groups in total. The largest absolute Gasteiger partial charge is 0.340 e. The number of amides is 1. The van der Waals surface area contributed by atoms with E-state index in [9.17, 15) is 4.79 Å². The number of carbonyl (C=O) groups is 1. The minimum Gasteiger partial charge on any atom is -0.340 e. The summed E-state index contributed by atoms with van der Waals surface area (Å²) in [6.45, 7) is 8.09. The Morgan fingerprint density at radius 1 is 1.38 bits per heavy atom. The third-order valence-electron chi connectivity index (χ3n) is 3.95. The number of halogens is 1. The highest BCUT2D eigenvalue weighted by Crippen LogP contribution is 2.18. The van der Waals surface area contributed by atoms with Crippen molar-refractivity contribution in [1.29, 1.82) is 0 Å². The van der Waals surface area contributed by atoms with Crippen LogP contribution in [0.1, 0.15) is 48.7 Å². The molecule has 2 heterocycles. The van der Waals surface area contributed by atoms with Gasteiger partial charge in [0, 0.05) is 31.4 Å². The Bertz CT molecular complexity index is 498. The number of carbonyl (C=O) groups excluding carboxylic acids is 1. The summed E-state index contributed by atoms with van der Waals surface area (Å²) in [5.41, 5.74) is 1.49. The van der Waals surface area contributed by atoms with Crippen LogP contribution in [0, 0.1) is 0 Å². The van der Waals surface area contributed by atoms with Crippen LogP contribution in [0.5, 0.6) is 0 Å². The van der Waals surface area contributed by atoms with Gasteiger partial charge in [0.25, 0.3) is 5.91 Å². The molecule has 1 amide bonds. The molecule has 1 aromatic rings. The van der Waals surface area contributed by atoms with Crippen molar-refractivity contribution in [3.05, 3.63) is 28.5 Å². The van der Waals surface area contributed by atoms with Crippen LogP contribution >= 0.6 is 11.6 Å². The molecule has 0 spiro atoms. The van der Waals surface area contributed by atoms with Crippen LogP contribution in [0.3, 0.4) is 0 Å². The van der Waals surface area contributed by atoms with E-state index in [1.165, 1.54) is 12.8 Å². The van der Waals surface area contributed by atoms with Gasteiger partial charge in [-0.3, -0.25) is 4.79 Å². The molecule has 2 rings (SSSR count). The lowest BCUT2D eigenvalue weighted by atomic mass is 10.1. The second-order valence-corrected chi connectivity index (χ2v) is 6.42. The Hall–Kier alpha value is -1.13. The van der Waals surface area contributed by atoms with Crippen LogP contribution in [0.15, 0.2) is 12.1 Å². The zero-order chi connectivity index (χ0) is 15.4. The van der Waals surface area contributed by atoms with Crippen molar-refractivity contribution in [2.75, 3.05) is 33.2 Å². The van der Waals surface area contributed by atoms with Crippen LogP contribution in [0.2, 0.25) is 5.15 Å². The molecule has 116 valence electrons. The summed E-state index contributed by atoms with van der Waals surface area (Å²) >= 11 is 6.03. The number of hydrogen-bond acceptors (Lipinski definition) is 3. The van der Waals surface area contributed by atoms with Crippen molar-refractivity contribution >= 4 is 17.5 Å². The monoisotopic (exact) mass is 309 g/mol. The van der Waals surface area contributed by atoms with E-state index in [-0.39, 0.29) is 11.8 Å². The van der Waals surface area contributed by atoms with Crippen LogP contribution < -0.4 is 0 Å². The standard InChI is InChI=1S/C16H24ClN3O/c1-12(2)14-10-13(11-15(17)18-14)16(21)19(3)8-9-20-6-4-5-7-20/h10-12H,4-9H2,1-3H3. The molecule has 21 heavy (non-hydrogen) atoms. The highest BCUT2D eigenvalue weighted by Gasteiger charge is 2.17. The van der Waals surface area contributed by atoms with Crippen molar-refractivity contribution < 1.29 is 4.79 Å². The first-order valence-electron chi connectivity index (χ1n) is 7.62. The summed E-state index contributed by atoms with van der Waals surface area (Å²) in [4.78, 5) is 20.9. The van der Waals surface area contributed by atoms with Crippen LogP contribution in [-0.4, -0.2) is 53.9 Å². The fraction of sp³-hybridized carbons (Fsp3) is 0.625. The van der Waals surface area contributed by atoms with Gasteiger partial charge in [-0.1, -0.05) is 25.4 Å². The smallest absolute Gasteiger partial charge is 0.253 e. The maximum atomic E-state index is 12.5. The van der Waals surface area contributed by atoms with Gasteiger partial charge < -0.3 is 9.80 Å². The lowest BCUT2D eigenvalue weighted by Crippen LogP contribution is -2.35. The van der Waals surface area contributed by atoms with Crippen molar-refractivity contribution in [2.45, 2.75) is 32.6 Å². The maximum Gasteiger partial charge on any atom is 0.253 e. The molecule has 1 saturated heterocycles. The minimum absolute atomic E-state index is 0.0143. The summed E-state index contributed by atoms with van der Waals surface area (Å²) in [7, 11) is 1.85. The van der Waals surface area contributed by atoms with E-state index in [4.69, 9.17) is 11.6 Å². The molecule has 0 radical (unpaired) electrons. The third kappa shape index (κ3) is 4.42. The van der Waals surface area contributed by atoms with Gasteiger partial charge in [0.1, 0.15) is 5.15 Å². The maximum absolute atomic E-state index is 12.5. The molecular formula is C16H24ClN3O. The second-order valence-electron chi connectivity index (χ2n) is 6.03. The van der Waals surface area contributed by atoms with Gasteiger partial charge in [-0.05, 0) is 44.0 Å². The molecule has 4 nitrogen and oxygen atoms in total. The third-order valence-corrected chi connectivity index (χ3v) is 4.14. The van der Waals surface area contributed by atoms with Crippen molar-refractivity contribution in [3.63, 3.8) is 0 Å². The van der Waals surface area contributed by atoms with E-state index in [2.05, 4.69) is 9.88 Å². The fourth-order valence-electron chi connectivity index (χ4n) is 2.56. The Labute approximate surface area is 132 Å². The Morgan fingerprint density at radius 3 is 2.67 bits per heavy atom. The normalized spacial score (nSPS) is 15.7. The predicted molar refractivity (Wildman–Crippen MR) is 86.0 cm³/mol. The first-order valence-corrected chi connectivity index (χ1v) is 8.00. The quantitative estimate of drug-likeness (QED) is 0.785. The average molecular weight is 310 g/mol. The molecule has 1 fully saturated rings. The van der Waals surface area contributed by atoms with E-state index in [0.29, 0.717) is 10.7 Å². The van der Waals surface area contributed by atoms with E-state index >= 15 is 0 Å². The van der Waals surface area contributed by atoms with Gasteiger partial charge in [0.05, 0.1) is 0 Å². The van der Waals surface area contributed by atoms with Crippen molar-refractivity contribution in [3.8, 4) is 0 Å². The number of rotatable bonds is 5. The molecule has 0 aromatic carbocycles. The van der Waals surface area contributed by atoms with Gasteiger partial charge in [-0.15, -0.1) is 0 Å². The van der Waals surface area contributed by atoms with Gasteiger partial charge in [0.2, 0.25) is 0 Å². The molecule has 1 aromatic heterocycles. The molecule has 0 aliphatic carbocycles. The second kappa shape index (κ2) is 7.23. The molecule has 1 aliphatic heterocycles. The van der Waals surface area contributed by atoms with Crippen LogP contribution in [0.4, 0.5) is 0 Å². The molecular weight excluding hydrogens is 286 g/mol. The lowest BCUT2D eigenvalue weighted by Gasteiger charge is -2.22. The first-order chi connectivity index (χ1) is 9.97. The van der Waals surface area contributed by atoms with Crippen LogP contribution in [-0.2, 0) is 0 Å². The van der Waals surface area contributed by atoms with Gasteiger partial charge in [0.15, 0.2) is 0 Å². The molecule has 0 atom stereocenters. The van der Waals surface area contributed by atoms with E-state index in [0.717, 1.165) is 31.9 Å². The van der Waals surface area contributed by atoms with Gasteiger partial charge in [-0.2, -0.15) is 0 Å². The number of likely N-dealkylation sites (N-methyl/N-ethyl adjacent to an activating group) is 1. The summed E-state index contributed by atoms with van der Waals surface area (Å²) in [5.74, 6) is 0.269. The van der Waals surface area contributed by atoms with E-state index in [1.807, 2.05) is 27.0 Å². The molecule has 1 aliphatic rings. The Morgan fingerprint density at radius 2 is 2.05 bits per heavy atom. The first kappa shape index (κ1) is 16.2. The van der Waals surface area contributed by atoms with Crippen molar-refractivity contribution in [2.24, 2.45) is 0 Å². The topological polar surface area (TPSA) is 36.4 Å². The molecule has 5 heteroatoms. The highest BCUT2D eigenvalue weighted by molar-refractivity contribution is 6.29. The number of nitrogens with zero attached hydrogens (tertiary/aromatic N) is 3. The van der Waals surface area contributed by atoms with E-state index < -0.39 is 0 Å². The SMILES string of the molecule is CC(C)c1cc(C(=O)N(C)CCN2CCCC2)cc(Cl)n1. The Balaban J connectivity index is 2.00. The number of likely N-dealkylation sites (tertiary alicyclic amines) is 1. The number of hydrogen-bond donors (Lipinski definition) is 0.